The van der Waals surface area contributed by atoms with E-state index in [1.165, 1.54) is 6.07 Å². The Hall–Kier alpha value is -3.70. The van der Waals surface area contributed by atoms with Crippen LogP contribution in [-0.4, -0.2) is 72.2 Å². The van der Waals surface area contributed by atoms with Crippen molar-refractivity contribution in [3.05, 3.63) is 41.1 Å². The number of nitrogens with one attached hydrogen (secondary N) is 1. The molecule has 0 saturated carbocycles. The highest BCUT2D eigenvalue weighted by Crippen LogP contribution is 2.36. The van der Waals surface area contributed by atoms with Crippen molar-refractivity contribution in [2.45, 2.75) is 52.5 Å². The second kappa shape index (κ2) is 10.2. The largest absolute Gasteiger partial charge is 0.473 e. The maximum Gasteiger partial charge on any atom is 0.240 e. The van der Waals surface area contributed by atoms with Crippen LogP contribution in [0.15, 0.2) is 18.3 Å². The van der Waals surface area contributed by atoms with E-state index in [-0.39, 0.29) is 24.9 Å². The first-order valence-electron chi connectivity index (χ1n) is 12.8. The zero-order valence-corrected chi connectivity index (χ0v) is 22.6. The Balaban J connectivity index is 1.73. The number of rotatable bonds is 4. The van der Waals surface area contributed by atoms with E-state index < -0.39 is 5.82 Å². The number of ether oxygens (including phenoxy) is 2. The molecule has 4 heterocycles. The number of hydrogen-bond acceptors (Lipinski definition) is 7. The number of halogens is 1. The van der Waals surface area contributed by atoms with Crippen molar-refractivity contribution in [2.75, 3.05) is 20.2 Å². The van der Waals surface area contributed by atoms with Gasteiger partial charge in [0.2, 0.25) is 11.8 Å². The van der Waals surface area contributed by atoms with Gasteiger partial charge in [-0.25, -0.2) is 9.07 Å². The Morgan fingerprint density at radius 1 is 1.21 bits per heavy atom. The summed E-state index contributed by atoms with van der Waals surface area (Å²) in [6.07, 6.45) is 5.12. The quantitative estimate of drug-likeness (QED) is 0.416. The standard InChI is InChI=1S/C27H34FN7O3/c1-15(2)37-26-18-7-8-23-20-9-19(22(28)10-24(20)31-30-23)21-11-29-34(6)27(21)38-17(4)12-33(5)13-25(18)35(32-26)16(3)14-36/h7-11,15-17,36H,12-14H2,1-6H3,(H,30,31)/b8-7+/t16-,17-/m0/s1. The van der Waals surface area contributed by atoms with Crippen LogP contribution < -0.4 is 9.47 Å². The molecule has 38 heavy (non-hydrogen) atoms. The van der Waals surface area contributed by atoms with Gasteiger partial charge in [0, 0.05) is 37.2 Å². The van der Waals surface area contributed by atoms with Crippen LogP contribution in [0.4, 0.5) is 4.39 Å². The van der Waals surface area contributed by atoms with Gasteiger partial charge in [0.05, 0.1) is 53.0 Å². The zero-order valence-electron chi connectivity index (χ0n) is 22.6. The first-order valence-corrected chi connectivity index (χ1v) is 12.8. The molecule has 3 aromatic heterocycles. The smallest absolute Gasteiger partial charge is 0.240 e. The van der Waals surface area contributed by atoms with Gasteiger partial charge in [-0.1, -0.05) is 0 Å². The Kier molecular flexibility index (Phi) is 6.97. The number of nitrogens with zero attached hydrogens (tertiary/aromatic N) is 6. The normalized spacial score (nSPS) is 18.1. The Labute approximate surface area is 220 Å². The summed E-state index contributed by atoms with van der Waals surface area (Å²) >= 11 is 0. The highest BCUT2D eigenvalue weighted by molar-refractivity contribution is 5.93. The third-order valence-electron chi connectivity index (χ3n) is 6.61. The number of likely N-dealkylation sites (N-methyl/N-ethyl adjacent to an activating group) is 1. The van der Waals surface area contributed by atoms with Crippen LogP contribution in [0.2, 0.25) is 0 Å². The van der Waals surface area contributed by atoms with Crippen LogP contribution in [0.25, 0.3) is 34.2 Å². The highest BCUT2D eigenvalue weighted by atomic mass is 19.1. The molecule has 0 spiro atoms. The fraction of sp³-hybridized carbons (Fsp3) is 0.444. The molecule has 0 unspecified atom stereocenters. The average Bonchev–Trinajstić information content (AvgIpc) is 3.51. The molecule has 1 aliphatic heterocycles. The lowest BCUT2D eigenvalue weighted by Crippen LogP contribution is -2.32. The molecule has 0 aliphatic carbocycles. The summed E-state index contributed by atoms with van der Waals surface area (Å²) in [5.41, 5.74) is 3.90. The summed E-state index contributed by atoms with van der Waals surface area (Å²) in [4.78, 5) is 2.13. The van der Waals surface area contributed by atoms with E-state index in [0.717, 1.165) is 16.6 Å². The molecule has 2 N–H and O–H groups in total. The number of hydrogen-bond donors (Lipinski definition) is 2. The summed E-state index contributed by atoms with van der Waals surface area (Å²) in [7, 11) is 3.78. The minimum absolute atomic E-state index is 0.0657. The number of aryl methyl sites for hydroxylation is 1. The van der Waals surface area contributed by atoms with Gasteiger partial charge >= 0.3 is 0 Å². The molecule has 11 heteroatoms. The molecule has 2 atom stereocenters. The van der Waals surface area contributed by atoms with E-state index in [1.807, 2.05) is 51.6 Å². The predicted molar refractivity (Wildman–Crippen MR) is 143 cm³/mol. The third kappa shape index (κ3) is 4.79. The van der Waals surface area contributed by atoms with Crippen LogP contribution in [-0.2, 0) is 13.6 Å². The number of benzene rings is 1. The van der Waals surface area contributed by atoms with Crippen molar-refractivity contribution >= 4 is 23.1 Å². The number of aliphatic hydroxyl groups excluding tert-OH is 1. The SMILES string of the molecule is CC(C)Oc1nn([C@@H](C)CO)c2c1/C=C/c1n[nH]c3cc(F)c(cc13)-c1cnn(C)c1O[C@@H](C)CN(C)C2. The van der Waals surface area contributed by atoms with Gasteiger partial charge in [-0.05, 0) is 53.0 Å². The van der Waals surface area contributed by atoms with Crippen molar-refractivity contribution in [2.24, 2.45) is 7.05 Å². The Morgan fingerprint density at radius 3 is 2.74 bits per heavy atom. The number of H-pyrrole nitrogens is 1. The van der Waals surface area contributed by atoms with Gasteiger partial charge in [-0.15, -0.1) is 5.10 Å². The fourth-order valence-electron chi connectivity index (χ4n) is 4.83. The Morgan fingerprint density at radius 2 is 2.00 bits per heavy atom. The second-order valence-corrected chi connectivity index (χ2v) is 10.2. The first kappa shape index (κ1) is 25.9. The van der Waals surface area contributed by atoms with Crippen molar-refractivity contribution in [1.29, 1.82) is 0 Å². The summed E-state index contributed by atoms with van der Waals surface area (Å²) < 4.78 is 31.2. The zero-order chi connectivity index (χ0) is 27.1. The molecule has 0 amide bonds. The second-order valence-electron chi connectivity index (χ2n) is 10.2. The molecule has 0 saturated heterocycles. The summed E-state index contributed by atoms with van der Waals surface area (Å²) in [6.45, 7) is 8.83. The minimum Gasteiger partial charge on any atom is -0.473 e. The van der Waals surface area contributed by atoms with Gasteiger partial charge in [-0.3, -0.25) is 14.7 Å². The lowest BCUT2D eigenvalue weighted by atomic mass is 10.0. The van der Waals surface area contributed by atoms with E-state index in [1.54, 1.807) is 24.0 Å². The maximum absolute atomic E-state index is 15.3. The number of aliphatic hydroxyl groups is 1. The van der Waals surface area contributed by atoms with Crippen molar-refractivity contribution in [3.63, 3.8) is 0 Å². The molecule has 2 bridgehead atoms. The fourth-order valence-corrected chi connectivity index (χ4v) is 4.83. The van der Waals surface area contributed by atoms with Crippen LogP contribution in [0.5, 0.6) is 11.8 Å². The third-order valence-corrected chi connectivity index (χ3v) is 6.61. The molecule has 0 fully saturated rings. The topological polar surface area (TPSA) is 106 Å². The Bertz CT molecular complexity index is 1490. The first-order chi connectivity index (χ1) is 18.2. The van der Waals surface area contributed by atoms with Gasteiger partial charge in [-0.2, -0.15) is 10.2 Å². The summed E-state index contributed by atoms with van der Waals surface area (Å²) in [5.74, 6) is 0.586. The van der Waals surface area contributed by atoms with Gasteiger partial charge in [0.25, 0.3) is 0 Å². The summed E-state index contributed by atoms with van der Waals surface area (Å²) in [6, 6.07) is 2.97. The summed E-state index contributed by atoms with van der Waals surface area (Å²) in [5, 5.41) is 27.2. The van der Waals surface area contributed by atoms with Crippen molar-refractivity contribution < 1.29 is 19.0 Å². The number of aromatic nitrogens is 6. The molecular weight excluding hydrogens is 489 g/mol. The monoisotopic (exact) mass is 523 g/mol. The lowest BCUT2D eigenvalue weighted by molar-refractivity contribution is 0.145. The minimum atomic E-state index is -0.391. The van der Waals surface area contributed by atoms with E-state index in [4.69, 9.17) is 14.6 Å². The molecule has 0 radical (unpaired) electrons. The molecule has 1 aromatic carbocycles. The van der Waals surface area contributed by atoms with E-state index in [9.17, 15) is 5.11 Å². The molecular formula is C27H34FN7O3. The molecule has 10 nitrogen and oxygen atoms in total. The van der Waals surface area contributed by atoms with Gasteiger partial charge < -0.3 is 14.6 Å². The van der Waals surface area contributed by atoms with E-state index >= 15 is 4.39 Å². The number of aromatic amines is 1. The van der Waals surface area contributed by atoms with Crippen LogP contribution in [0, 0.1) is 5.82 Å². The molecule has 1 aliphatic rings. The number of fused-ring (bicyclic) bond motifs is 4. The van der Waals surface area contributed by atoms with Gasteiger partial charge in [0.1, 0.15) is 11.9 Å². The van der Waals surface area contributed by atoms with Crippen LogP contribution in [0.1, 0.15) is 50.7 Å². The maximum atomic E-state index is 15.3. The van der Waals surface area contributed by atoms with Crippen LogP contribution >= 0.6 is 0 Å². The van der Waals surface area contributed by atoms with E-state index in [0.29, 0.717) is 47.2 Å². The van der Waals surface area contributed by atoms with Crippen molar-refractivity contribution in [3.8, 4) is 22.9 Å². The van der Waals surface area contributed by atoms with E-state index in [2.05, 4.69) is 20.2 Å². The van der Waals surface area contributed by atoms with Crippen LogP contribution in [0.3, 0.4) is 0 Å². The average molecular weight is 524 g/mol. The lowest BCUT2D eigenvalue weighted by Gasteiger charge is -2.24. The van der Waals surface area contributed by atoms with Crippen molar-refractivity contribution in [1.82, 2.24) is 34.7 Å². The molecule has 4 aromatic rings. The predicted octanol–water partition coefficient (Wildman–Crippen LogP) is 4.02. The molecule has 202 valence electrons. The van der Waals surface area contributed by atoms with Gasteiger partial charge in [0.15, 0.2) is 0 Å². The molecule has 5 rings (SSSR count). The highest BCUT2D eigenvalue weighted by Gasteiger charge is 2.25.